The highest BCUT2D eigenvalue weighted by atomic mass is 32.2. The Morgan fingerprint density at radius 2 is 2.09 bits per heavy atom. The van der Waals surface area contributed by atoms with Gasteiger partial charge in [0.1, 0.15) is 11.9 Å². The predicted octanol–water partition coefficient (Wildman–Crippen LogP) is 1.70. The van der Waals surface area contributed by atoms with Crippen LogP contribution in [-0.2, 0) is 9.53 Å². The predicted molar refractivity (Wildman–Crippen MR) is 122 cm³/mol. The van der Waals surface area contributed by atoms with Gasteiger partial charge in [0.05, 0.1) is 19.1 Å². The van der Waals surface area contributed by atoms with Crippen molar-refractivity contribution in [3.8, 4) is 0 Å². The fourth-order valence-electron chi connectivity index (χ4n) is 4.78. The number of thioether (sulfide) groups is 1. The molecule has 5 rings (SSSR count). The van der Waals surface area contributed by atoms with Gasteiger partial charge in [-0.05, 0) is 24.7 Å². The maximum absolute atomic E-state index is 13.2. The van der Waals surface area contributed by atoms with Crippen LogP contribution in [0, 0.1) is 5.92 Å². The lowest BCUT2D eigenvalue weighted by Gasteiger charge is -2.40. The molecule has 0 spiro atoms. The van der Waals surface area contributed by atoms with Crippen molar-refractivity contribution in [2.45, 2.75) is 43.1 Å². The first-order valence-corrected chi connectivity index (χ1v) is 12.5. The number of alkyl halides is 3. The zero-order chi connectivity index (χ0) is 23.7. The summed E-state index contributed by atoms with van der Waals surface area (Å²) in [6.07, 6.45) is 3.11. The number of halogens is 3. The number of hydrazine groups is 1. The van der Waals surface area contributed by atoms with Gasteiger partial charge in [0.25, 0.3) is 5.91 Å². The summed E-state index contributed by atoms with van der Waals surface area (Å²) in [6, 6.07) is -0.247. The Bertz CT molecular complexity index is 915. The summed E-state index contributed by atoms with van der Waals surface area (Å²) >= 11 is 1.51. The molecule has 0 aromatic carbocycles. The van der Waals surface area contributed by atoms with E-state index in [0.717, 1.165) is 38.5 Å². The molecule has 2 fully saturated rings. The molecule has 8 nitrogen and oxygen atoms in total. The fraction of sp³-hybridized carbons (Fsp3) is 0.591. The van der Waals surface area contributed by atoms with Crippen LogP contribution in [0.2, 0.25) is 0 Å². The van der Waals surface area contributed by atoms with E-state index in [0.29, 0.717) is 24.1 Å². The van der Waals surface area contributed by atoms with Gasteiger partial charge in [-0.3, -0.25) is 14.7 Å². The Hall–Kier alpha value is -2.15. The minimum Gasteiger partial charge on any atom is -0.379 e. The van der Waals surface area contributed by atoms with Crippen LogP contribution in [0.3, 0.4) is 0 Å². The van der Waals surface area contributed by atoms with E-state index in [1.165, 1.54) is 23.9 Å². The van der Waals surface area contributed by atoms with Crippen molar-refractivity contribution in [1.29, 1.82) is 0 Å². The summed E-state index contributed by atoms with van der Waals surface area (Å²) < 4.78 is 45.0. The standard InChI is InChI=1S/C22H29F3N6O2S/c23-22(24,25)15-3-1-2-14(10-15)17-4-5-19-26-11-18(31(19)29-17)20(32)28-21-27-16(13-34-21)12-30-6-8-33-9-7-30/h1-3,11,13,15,17,19,21,26-27,29H,4-10,12H2,(H,28,32). The number of rotatable bonds is 5. The second kappa shape index (κ2) is 9.84. The quantitative estimate of drug-likeness (QED) is 0.456. The number of hydrogen-bond acceptors (Lipinski definition) is 8. The number of nitrogens with zero attached hydrogens (tertiary/aromatic N) is 2. The average Bonchev–Trinajstić information content (AvgIpc) is 3.45. The molecule has 4 aliphatic heterocycles. The van der Waals surface area contributed by atoms with Crippen molar-refractivity contribution in [2.24, 2.45) is 5.92 Å². The number of fused-ring (bicyclic) bond motifs is 1. The lowest BCUT2D eigenvalue weighted by atomic mass is 9.87. The molecule has 0 aromatic rings. The van der Waals surface area contributed by atoms with Crippen LogP contribution in [0.1, 0.15) is 19.3 Å². The maximum Gasteiger partial charge on any atom is 0.395 e. The van der Waals surface area contributed by atoms with Crippen molar-refractivity contribution in [2.75, 3.05) is 32.8 Å². The highest BCUT2D eigenvalue weighted by molar-refractivity contribution is 8.02. The topological polar surface area (TPSA) is 80.9 Å². The van der Waals surface area contributed by atoms with Gasteiger partial charge in [-0.2, -0.15) is 13.2 Å². The molecule has 4 atom stereocenters. The molecule has 4 heterocycles. The molecule has 4 N–H and O–H groups in total. The molecule has 12 heteroatoms. The molecular weight excluding hydrogens is 469 g/mol. The molecule has 1 amide bonds. The van der Waals surface area contributed by atoms with E-state index in [-0.39, 0.29) is 30.0 Å². The Morgan fingerprint density at radius 1 is 1.26 bits per heavy atom. The fourth-order valence-corrected chi connectivity index (χ4v) is 5.62. The summed E-state index contributed by atoms with van der Waals surface area (Å²) in [5.74, 6) is -1.72. The van der Waals surface area contributed by atoms with Crippen molar-refractivity contribution >= 4 is 17.7 Å². The number of ether oxygens (including phenoxy) is 1. The second-order valence-corrected chi connectivity index (χ2v) is 9.96. The average molecular weight is 499 g/mol. The zero-order valence-electron chi connectivity index (χ0n) is 18.6. The molecule has 5 aliphatic rings. The van der Waals surface area contributed by atoms with E-state index < -0.39 is 12.1 Å². The first-order valence-electron chi connectivity index (χ1n) is 11.5. The number of morpholine rings is 1. The third-order valence-corrected chi connectivity index (χ3v) is 7.57. The number of nitrogens with one attached hydrogen (secondary N) is 4. The van der Waals surface area contributed by atoms with Gasteiger partial charge in [0.2, 0.25) is 0 Å². The van der Waals surface area contributed by atoms with Gasteiger partial charge in [-0.15, -0.1) is 0 Å². The van der Waals surface area contributed by atoms with Crippen molar-refractivity contribution in [3.05, 3.63) is 46.8 Å². The Kier molecular flexibility index (Phi) is 6.83. The molecule has 0 radical (unpaired) electrons. The van der Waals surface area contributed by atoms with E-state index in [4.69, 9.17) is 4.74 Å². The minimum absolute atomic E-state index is 0.0604. The van der Waals surface area contributed by atoms with Gasteiger partial charge in [0.15, 0.2) is 5.50 Å². The number of allylic oxidation sites excluding steroid dienone is 3. The van der Waals surface area contributed by atoms with E-state index in [1.54, 1.807) is 17.3 Å². The van der Waals surface area contributed by atoms with Gasteiger partial charge < -0.3 is 20.7 Å². The summed E-state index contributed by atoms with van der Waals surface area (Å²) in [5.41, 5.74) is 5.21. The summed E-state index contributed by atoms with van der Waals surface area (Å²) in [4.78, 5) is 15.3. The van der Waals surface area contributed by atoms with Crippen LogP contribution in [0.4, 0.5) is 13.2 Å². The maximum atomic E-state index is 13.2. The molecule has 2 saturated heterocycles. The van der Waals surface area contributed by atoms with Crippen LogP contribution in [0.15, 0.2) is 46.8 Å². The Balaban J connectivity index is 1.14. The number of carbonyl (C=O) groups is 1. The van der Waals surface area contributed by atoms with Gasteiger partial charge in [0, 0.05) is 37.6 Å². The zero-order valence-corrected chi connectivity index (χ0v) is 19.4. The Labute approximate surface area is 200 Å². The lowest BCUT2D eigenvalue weighted by Crippen LogP contribution is -2.57. The van der Waals surface area contributed by atoms with Gasteiger partial charge in [-0.25, -0.2) is 5.43 Å². The van der Waals surface area contributed by atoms with Gasteiger partial charge >= 0.3 is 6.18 Å². The highest BCUT2D eigenvalue weighted by Crippen LogP contribution is 2.37. The highest BCUT2D eigenvalue weighted by Gasteiger charge is 2.42. The molecule has 0 bridgehead atoms. The van der Waals surface area contributed by atoms with Crippen LogP contribution in [0.5, 0.6) is 0 Å². The SMILES string of the molecule is O=C(NC1NC(CN2CCOCC2)=CS1)C1=CNC2CCC(C3=CC=CC(C(F)(F)F)C3)NN12. The largest absolute Gasteiger partial charge is 0.395 e. The van der Waals surface area contributed by atoms with E-state index in [1.807, 2.05) is 5.41 Å². The molecular formula is C22H29F3N6O2S. The molecule has 0 aromatic heterocycles. The van der Waals surface area contributed by atoms with Crippen LogP contribution in [-0.4, -0.2) is 72.5 Å². The van der Waals surface area contributed by atoms with Crippen LogP contribution < -0.4 is 21.4 Å². The molecule has 0 saturated carbocycles. The number of carbonyl (C=O) groups excluding carboxylic acids is 1. The first kappa shape index (κ1) is 23.6. The smallest absolute Gasteiger partial charge is 0.379 e. The third-order valence-electron chi connectivity index (χ3n) is 6.64. The second-order valence-electron chi connectivity index (χ2n) is 8.99. The molecule has 34 heavy (non-hydrogen) atoms. The number of amides is 1. The Morgan fingerprint density at radius 3 is 2.88 bits per heavy atom. The normalized spacial score (nSPS) is 31.7. The molecule has 4 unspecified atom stereocenters. The van der Waals surface area contributed by atoms with Gasteiger partial charge in [-0.1, -0.05) is 35.6 Å². The van der Waals surface area contributed by atoms with Crippen LogP contribution in [0.25, 0.3) is 0 Å². The van der Waals surface area contributed by atoms with Crippen LogP contribution >= 0.6 is 11.8 Å². The minimum atomic E-state index is -4.26. The van der Waals surface area contributed by atoms with E-state index in [2.05, 4.69) is 26.3 Å². The van der Waals surface area contributed by atoms with Crippen molar-refractivity contribution in [3.63, 3.8) is 0 Å². The summed E-state index contributed by atoms with van der Waals surface area (Å²) in [7, 11) is 0. The van der Waals surface area contributed by atoms with E-state index in [9.17, 15) is 18.0 Å². The summed E-state index contributed by atoms with van der Waals surface area (Å²) in [5, 5.41) is 13.3. The van der Waals surface area contributed by atoms with E-state index >= 15 is 0 Å². The summed E-state index contributed by atoms with van der Waals surface area (Å²) in [6.45, 7) is 4.03. The molecule has 1 aliphatic carbocycles. The van der Waals surface area contributed by atoms with Crippen molar-refractivity contribution in [1.82, 2.24) is 31.3 Å². The third kappa shape index (κ3) is 5.24. The monoisotopic (exact) mass is 498 g/mol. The number of hydrogen-bond donors (Lipinski definition) is 4. The molecule has 186 valence electrons. The van der Waals surface area contributed by atoms with Crippen molar-refractivity contribution < 1.29 is 22.7 Å². The lowest BCUT2D eigenvalue weighted by molar-refractivity contribution is -0.161. The first-order chi connectivity index (χ1) is 16.4.